The van der Waals surface area contributed by atoms with Crippen molar-refractivity contribution in [3.05, 3.63) is 23.2 Å². The minimum atomic E-state index is -0.107. The van der Waals surface area contributed by atoms with Crippen molar-refractivity contribution >= 4 is 29.1 Å². The van der Waals surface area contributed by atoms with Gasteiger partial charge in [0.05, 0.1) is 25.4 Å². The summed E-state index contributed by atoms with van der Waals surface area (Å²) in [4.78, 5) is 28.7. The number of anilines is 1. The largest absolute Gasteiger partial charge is 0.487 e. The van der Waals surface area contributed by atoms with E-state index < -0.39 is 0 Å². The molecule has 1 saturated heterocycles. The van der Waals surface area contributed by atoms with Crippen LogP contribution in [0.5, 0.6) is 5.75 Å². The highest BCUT2D eigenvalue weighted by Crippen LogP contribution is 2.36. The number of hydrogen-bond donors (Lipinski definition) is 1. The smallest absolute Gasteiger partial charge is 0.227 e. The molecule has 0 bridgehead atoms. The van der Waals surface area contributed by atoms with Crippen molar-refractivity contribution in [3.8, 4) is 5.75 Å². The molecule has 1 aromatic rings. The molecule has 2 amide bonds. The van der Waals surface area contributed by atoms with Gasteiger partial charge < -0.3 is 19.7 Å². The molecule has 8 heteroatoms. The van der Waals surface area contributed by atoms with Crippen molar-refractivity contribution in [2.24, 2.45) is 0 Å². The fourth-order valence-corrected chi connectivity index (χ4v) is 3.44. The number of carbonyl (C=O) groups is 2. The Kier molecular flexibility index (Phi) is 6.93. The highest BCUT2D eigenvalue weighted by atomic mass is 35.5. The molecule has 2 aliphatic heterocycles. The van der Waals surface area contributed by atoms with Crippen molar-refractivity contribution in [1.82, 2.24) is 10.2 Å². The van der Waals surface area contributed by atoms with Crippen molar-refractivity contribution in [2.75, 3.05) is 50.8 Å². The summed E-state index contributed by atoms with van der Waals surface area (Å²) in [6.45, 7) is 7.02. The summed E-state index contributed by atoms with van der Waals surface area (Å²) in [5.41, 5.74) is 0.665. The number of hydrogen-bond acceptors (Lipinski definition) is 5. The zero-order chi connectivity index (χ0) is 19.2. The molecule has 1 aromatic carbocycles. The van der Waals surface area contributed by atoms with Crippen LogP contribution < -0.4 is 15.0 Å². The van der Waals surface area contributed by atoms with E-state index in [4.69, 9.17) is 21.1 Å². The average molecular weight is 396 g/mol. The highest BCUT2D eigenvalue weighted by molar-refractivity contribution is 6.31. The van der Waals surface area contributed by atoms with Gasteiger partial charge in [-0.25, -0.2) is 0 Å². The number of fused-ring (bicyclic) bond motifs is 1. The molecule has 7 nitrogen and oxygen atoms in total. The second-order valence-corrected chi connectivity index (χ2v) is 7.29. The molecule has 0 unspecified atom stereocenters. The Labute approximate surface area is 164 Å². The molecule has 27 heavy (non-hydrogen) atoms. The average Bonchev–Trinajstić information content (AvgIpc) is 2.66. The highest BCUT2D eigenvalue weighted by Gasteiger charge is 2.28. The molecule has 0 aliphatic carbocycles. The minimum absolute atomic E-state index is 0.100. The second-order valence-electron chi connectivity index (χ2n) is 6.85. The lowest BCUT2D eigenvalue weighted by Gasteiger charge is -2.33. The van der Waals surface area contributed by atoms with E-state index in [1.807, 2.05) is 6.92 Å². The van der Waals surface area contributed by atoms with Gasteiger partial charge in [-0.2, -0.15) is 0 Å². The van der Waals surface area contributed by atoms with E-state index in [1.165, 1.54) is 0 Å². The Morgan fingerprint density at radius 2 is 2.04 bits per heavy atom. The van der Waals surface area contributed by atoms with E-state index in [-0.39, 0.29) is 30.8 Å². The Bertz CT molecular complexity index is 679. The molecule has 1 fully saturated rings. The van der Waals surface area contributed by atoms with Crippen LogP contribution in [0.3, 0.4) is 0 Å². The number of morpholine rings is 1. The van der Waals surface area contributed by atoms with Gasteiger partial charge in [-0.1, -0.05) is 11.6 Å². The number of amides is 2. The monoisotopic (exact) mass is 395 g/mol. The van der Waals surface area contributed by atoms with Crippen LogP contribution >= 0.6 is 11.6 Å². The van der Waals surface area contributed by atoms with Crippen molar-refractivity contribution in [3.63, 3.8) is 0 Å². The molecular weight excluding hydrogens is 370 g/mol. The Balaban J connectivity index is 1.46. The normalized spacial score (nSPS) is 19.9. The Morgan fingerprint density at radius 3 is 2.81 bits per heavy atom. The third kappa shape index (κ3) is 5.57. The van der Waals surface area contributed by atoms with E-state index in [1.54, 1.807) is 23.1 Å². The van der Waals surface area contributed by atoms with Gasteiger partial charge in [0.1, 0.15) is 11.9 Å². The summed E-state index contributed by atoms with van der Waals surface area (Å²) in [7, 11) is 0. The van der Waals surface area contributed by atoms with Gasteiger partial charge in [0.15, 0.2) is 0 Å². The van der Waals surface area contributed by atoms with Gasteiger partial charge in [0.2, 0.25) is 11.8 Å². The fourth-order valence-electron chi connectivity index (χ4n) is 3.27. The van der Waals surface area contributed by atoms with E-state index in [0.717, 1.165) is 32.8 Å². The third-order valence-corrected chi connectivity index (χ3v) is 4.94. The van der Waals surface area contributed by atoms with Gasteiger partial charge in [-0.15, -0.1) is 0 Å². The van der Waals surface area contributed by atoms with E-state index in [2.05, 4.69) is 10.2 Å². The van der Waals surface area contributed by atoms with Crippen molar-refractivity contribution in [2.45, 2.75) is 25.9 Å². The molecule has 2 heterocycles. The SMILES string of the molecule is C[C@H]1CN(C(=O)CCC(=O)NCCN2CCOCC2)c2cc(Cl)ccc2O1. The first kappa shape index (κ1) is 19.9. The van der Waals surface area contributed by atoms with Crippen molar-refractivity contribution < 1.29 is 19.1 Å². The number of nitrogens with zero attached hydrogens (tertiary/aromatic N) is 2. The lowest BCUT2D eigenvalue weighted by molar-refractivity contribution is -0.125. The first-order chi connectivity index (χ1) is 13.0. The number of rotatable bonds is 6. The number of ether oxygens (including phenoxy) is 2. The molecule has 0 saturated carbocycles. The fraction of sp³-hybridized carbons (Fsp3) is 0.579. The molecule has 3 rings (SSSR count). The maximum Gasteiger partial charge on any atom is 0.227 e. The first-order valence-electron chi connectivity index (χ1n) is 9.36. The predicted octanol–water partition coefficient (Wildman–Crippen LogP) is 1.68. The van der Waals surface area contributed by atoms with Crippen LogP contribution in [-0.2, 0) is 14.3 Å². The Hall–Kier alpha value is -1.83. The first-order valence-corrected chi connectivity index (χ1v) is 9.74. The lowest BCUT2D eigenvalue weighted by Crippen LogP contribution is -2.43. The van der Waals surface area contributed by atoms with Gasteiger partial charge in [0, 0.05) is 44.0 Å². The van der Waals surface area contributed by atoms with Crippen LogP contribution in [-0.4, -0.2) is 68.8 Å². The molecule has 1 N–H and O–H groups in total. The van der Waals surface area contributed by atoms with Gasteiger partial charge >= 0.3 is 0 Å². The van der Waals surface area contributed by atoms with Crippen LogP contribution in [0.4, 0.5) is 5.69 Å². The van der Waals surface area contributed by atoms with Crippen molar-refractivity contribution in [1.29, 1.82) is 0 Å². The van der Waals surface area contributed by atoms with Crippen LogP contribution in [0, 0.1) is 0 Å². The predicted molar refractivity (Wildman–Crippen MR) is 103 cm³/mol. The zero-order valence-electron chi connectivity index (χ0n) is 15.6. The van der Waals surface area contributed by atoms with Crippen LogP contribution in [0.15, 0.2) is 18.2 Å². The molecule has 1 atom stereocenters. The summed E-state index contributed by atoms with van der Waals surface area (Å²) in [5.74, 6) is 0.433. The van der Waals surface area contributed by atoms with E-state index in [9.17, 15) is 9.59 Å². The quantitative estimate of drug-likeness (QED) is 0.793. The van der Waals surface area contributed by atoms with E-state index in [0.29, 0.717) is 29.5 Å². The topological polar surface area (TPSA) is 71.1 Å². The summed E-state index contributed by atoms with van der Waals surface area (Å²) in [5, 5.41) is 3.43. The second kappa shape index (κ2) is 9.39. The Morgan fingerprint density at radius 1 is 1.26 bits per heavy atom. The number of carbonyl (C=O) groups excluding carboxylic acids is 2. The molecule has 0 spiro atoms. The van der Waals surface area contributed by atoms with Crippen LogP contribution in [0.1, 0.15) is 19.8 Å². The lowest BCUT2D eigenvalue weighted by atomic mass is 10.1. The number of nitrogens with one attached hydrogen (secondary N) is 1. The maximum atomic E-state index is 12.7. The number of benzene rings is 1. The zero-order valence-corrected chi connectivity index (χ0v) is 16.3. The minimum Gasteiger partial charge on any atom is -0.487 e. The van der Waals surface area contributed by atoms with E-state index >= 15 is 0 Å². The third-order valence-electron chi connectivity index (χ3n) is 4.70. The van der Waals surface area contributed by atoms with Crippen LogP contribution in [0.2, 0.25) is 5.02 Å². The summed E-state index contributed by atoms with van der Waals surface area (Å²) >= 11 is 6.06. The summed E-state index contributed by atoms with van der Waals surface area (Å²) < 4.78 is 11.1. The number of halogens is 1. The van der Waals surface area contributed by atoms with Crippen LogP contribution in [0.25, 0.3) is 0 Å². The molecule has 148 valence electrons. The van der Waals surface area contributed by atoms with Gasteiger partial charge in [-0.05, 0) is 25.1 Å². The molecule has 2 aliphatic rings. The maximum absolute atomic E-state index is 12.7. The summed E-state index contributed by atoms with van der Waals surface area (Å²) in [6.07, 6.45) is 0.219. The van der Waals surface area contributed by atoms with Gasteiger partial charge in [0.25, 0.3) is 0 Å². The summed E-state index contributed by atoms with van der Waals surface area (Å²) in [6, 6.07) is 5.23. The molecular formula is C19H26ClN3O4. The molecule has 0 aromatic heterocycles. The standard InChI is InChI=1S/C19H26ClN3O4/c1-14-13-23(16-12-15(20)2-3-17(16)27-14)19(25)5-4-18(24)21-6-7-22-8-10-26-11-9-22/h2-3,12,14H,4-11,13H2,1H3,(H,21,24)/t14-/m0/s1. The molecule has 0 radical (unpaired) electrons. The van der Waals surface area contributed by atoms with Gasteiger partial charge in [-0.3, -0.25) is 14.5 Å².